The number of nitriles is 1. The Labute approximate surface area is 82.2 Å². The zero-order valence-electron chi connectivity index (χ0n) is 7.34. The van der Waals surface area contributed by atoms with E-state index in [1.54, 1.807) is 6.07 Å². The Bertz CT molecular complexity index is 388. The molecule has 1 aromatic rings. The minimum atomic E-state index is 0.220. The fourth-order valence-electron chi connectivity index (χ4n) is 1.30. The van der Waals surface area contributed by atoms with Crippen molar-refractivity contribution < 1.29 is 0 Å². The minimum absolute atomic E-state index is 0.220. The van der Waals surface area contributed by atoms with Crippen molar-refractivity contribution in [1.82, 2.24) is 4.98 Å². The quantitative estimate of drug-likeness (QED) is 0.642. The first-order valence-electron chi connectivity index (χ1n) is 4.23. The van der Waals surface area contributed by atoms with Crippen molar-refractivity contribution in [3.05, 3.63) is 28.5 Å². The molecule has 1 aliphatic carbocycles. The molecule has 0 spiro atoms. The summed E-state index contributed by atoms with van der Waals surface area (Å²) >= 11 is 5.83. The van der Waals surface area contributed by atoms with Crippen LogP contribution in [-0.2, 0) is 5.41 Å². The van der Waals surface area contributed by atoms with Gasteiger partial charge in [0.05, 0.1) is 5.56 Å². The summed E-state index contributed by atoms with van der Waals surface area (Å²) in [6.45, 7) is 2.16. The van der Waals surface area contributed by atoms with Gasteiger partial charge in [0.2, 0.25) is 0 Å². The van der Waals surface area contributed by atoms with Crippen LogP contribution in [0.1, 0.15) is 31.0 Å². The van der Waals surface area contributed by atoms with Crippen LogP contribution in [0.3, 0.4) is 0 Å². The predicted molar refractivity (Wildman–Crippen MR) is 50.5 cm³/mol. The molecule has 1 heterocycles. The third-order valence-electron chi connectivity index (χ3n) is 2.59. The largest absolute Gasteiger partial charge is 0.239 e. The first-order chi connectivity index (χ1) is 6.15. The van der Waals surface area contributed by atoms with Gasteiger partial charge in [0.25, 0.3) is 0 Å². The van der Waals surface area contributed by atoms with E-state index in [0.717, 1.165) is 5.69 Å². The smallest absolute Gasteiger partial charge is 0.147 e. The molecule has 66 valence electrons. The highest BCUT2D eigenvalue weighted by molar-refractivity contribution is 6.30. The van der Waals surface area contributed by atoms with Crippen LogP contribution in [-0.4, -0.2) is 4.98 Å². The molecule has 0 aliphatic heterocycles. The molecule has 0 amide bonds. The molecule has 0 aromatic carbocycles. The molecule has 1 aliphatic rings. The fourth-order valence-corrected chi connectivity index (χ4v) is 1.49. The van der Waals surface area contributed by atoms with E-state index >= 15 is 0 Å². The van der Waals surface area contributed by atoms with E-state index in [-0.39, 0.29) is 5.41 Å². The highest BCUT2D eigenvalue weighted by Gasteiger charge is 2.40. The van der Waals surface area contributed by atoms with Crippen molar-refractivity contribution in [1.29, 1.82) is 5.26 Å². The van der Waals surface area contributed by atoms with E-state index in [1.165, 1.54) is 12.8 Å². The summed E-state index contributed by atoms with van der Waals surface area (Å²) in [4.78, 5) is 4.22. The van der Waals surface area contributed by atoms with Crippen molar-refractivity contribution in [2.24, 2.45) is 0 Å². The fraction of sp³-hybridized carbons (Fsp3) is 0.400. The van der Waals surface area contributed by atoms with E-state index in [1.807, 2.05) is 12.1 Å². The average molecular weight is 193 g/mol. The Kier molecular flexibility index (Phi) is 1.78. The van der Waals surface area contributed by atoms with E-state index in [0.29, 0.717) is 10.7 Å². The Balaban J connectivity index is 2.43. The SMILES string of the molecule is CC1(c2ccc(C#N)c(Cl)n2)CC1. The second-order valence-corrected chi connectivity index (χ2v) is 4.07. The lowest BCUT2D eigenvalue weighted by Crippen LogP contribution is -2.03. The standard InChI is InChI=1S/C10H9ClN2/c1-10(4-5-10)8-3-2-7(6-12)9(11)13-8/h2-3H,4-5H2,1H3. The molecular formula is C10H9ClN2. The van der Waals surface area contributed by atoms with E-state index in [4.69, 9.17) is 16.9 Å². The number of halogens is 1. The van der Waals surface area contributed by atoms with Gasteiger partial charge in [-0.15, -0.1) is 0 Å². The van der Waals surface area contributed by atoms with Crippen LogP contribution in [0.2, 0.25) is 5.15 Å². The lowest BCUT2D eigenvalue weighted by atomic mass is 10.0. The number of aromatic nitrogens is 1. The summed E-state index contributed by atoms with van der Waals surface area (Å²) in [6.07, 6.45) is 2.34. The first-order valence-corrected chi connectivity index (χ1v) is 4.61. The van der Waals surface area contributed by atoms with E-state index < -0.39 is 0 Å². The molecule has 0 radical (unpaired) electrons. The number of hydrogen-bond acceptors (Lipinski definition) is 2. The zero-order valence-corrected chi connectivity index (χ0v) is 8.10. The second-order valence-electron chi connectivity index (χ2n) is 3.71. The molecule has 0 bridgehead atoms. The zero-order chi connectivity index (χ0) is 9.47. The van der Waals surface area contributed by atoms with Crippen LogP contribution in [0.4, 0.5) is 0 Å². The molecule has 1 fully saturated rings. The van der Waals surface area contributed by atoms with Gasteiger partial charge in [0, 0.05) is 11.1 Å². The molecule has 2 rings (SSSR count). The third-order valence-corrected chi connectivity index (χ3v) is 2.88. The van der Waals surface area contributed by atoms with Crippen molar-refractivity contribution >= 4 is 11.6 Å². The van der Waals surface area contributed by atoms with Crippen molar-refractivity contribution in [3.8, 4) is 6.07 Å². The minimum Gasteiger partial charge on any atom is -0.239 e. The van der Waals surface area contributed by atoms with Crippen LogP contribution >= 0.6 is 11.6 Å². The normalized spacial score (nSPS) is 17.9. The summed E-state index contributed by atoms with van der Waals surface area (Å²) in [5.74, 6) is 0. The molecule has 3 heteroatoms. The van der Waals surface area contributed by atoms with E-state index in [9.17, 15) is 0 Å². The van der Waals surface area contributed by atoms with Crippen molar-refractivity contribution in [2.75, 3.05) is 0 Å². The van der Waals surface area contributed by atoms with Crippen LogP contribution in [0.5, 0.6) is 0 Å². The summed E-state index contributed by atoms with van der Waals surface area (Å²) in [5.41, 5.74) is 1.68. The molecular weight excluding hydrogens is 184 g/mol. The van der Waals surface area contributed by atoms with E-state index in [2.05, 4.69) is 11.9 Å². The summed E-state index contributed by atoms with van der Waals surface area (Å²) in [6, 6.07) is 5.64. The van der Waals surface area contributed by atoms with Crippen LogP contribution < -0.4 is 0 Å². The maximum absolute atomic E-state index is 8.65. The summed E-state index contributed by atoms with van der Waals surface area (Å²) in [5, 5.41) is 8.98. The maximum Gasteiger partial charge on any atom is 0.147 e. The van der Waals surface area contributed by atoms with Gasteiger partial charge >= 0.3 is 0 Å². The Morgan fingerprint density at radius 3 is 2.69 bits per heavy atom. The highest BCUT2D eigenvalue weighted by Crippen LogP contribution is 2.46. The maximum atomic E-state index is 8.65. The number of rotatable bonds is 1. The molecule has 2 nitrogen and oxygen atoms in total. The lowest BCUT2D eigenvalue weighted by Gasteiger charge is -2.07. The van der Waals surface area contributed by atoms with Gasteiger partial charge in [-0.05, 0) is 25.0 Å². The molecule has 0 saturated heterocycles. The molecule has 0 unspecified atom stereocenters. The summed E-state index contributed by atoms with van der Waals surface area (Å²) < 4.78 is 0. The molecule has 13 heavy (non-hydrogen) atoms. The Morgan fingerprint density at radius 1 is 1.54 bits per heavy atom. The molecule has 0 N–H and O–H groups in total. The van der Waals surface area contributed by atoms with Crippen LogP contribution in [0, 0.1) is 11.3 Å². The van der Waals surface area contributed by atoms with Gasteiger partial charge in [0.1, 0.15) is 11.2 Å². The number of nitrogens with zero attached hydrogens (tertiary/aromatic N) is 2. The van der Waals surface area contributed by atoms with Gasteiger partial charge in [0.15, 0.2) is 0 Å². The highest BCUT2D eigenvalue weighted by atomic mass is 35.5. The van der Waals surface area contributed by atoms with Crippen LogP contribution in [0.15, 0.2) is 12.1 Å². The van der Waals surface area contributed by atoms with Crippen molar-refractivity contribution in [3.63, 3.8) is 0 Å². The predicted octanol–water partition coefficient (Wildman–Crippen LogP) is 2.66. The van der Waals surface area contributed by atoms with Gasteiger partial charge < -0.3 is 0 Å². The number of hydrogen-bond donors (Lipinski definition) is 0. The third kappa shape index (κ3) is 1.40. The average Bonchev–Trinajstić information content (AvgIpc) is 2.85. The van der Waals surface area contributed by atoms with Gasteiger partial charge in [-0.1, -0.05) is 18.5 Å². The van der Waals surface area contributed by atoms with Crippen molar-refractivity contribution in [2.45, 2.75) is 25.2 Å². The first kappa shape index (κ1) is 8.52. The Hall–Kier alpha value is -1.07. The summed E-state index contributed by atoms with van der Waals surface area (Å²) in [7, 11) is 0. The number of pyridine rings is 1. The lowest BCUT2D eigenvalue weighted by molar-refractivity contribution is 0.750. The topological polar surface area (TPSA) is 36.7 Å². The van der Waals surface area contributed by atoms with Crippen LogP contribution in [0.25, 0.3) is 0 Å². The van der Waals surface area contributed by atoms with Gasteiger partial charge in [-0.2, -0.15) is 5.26 Å². The second kappa shape index (κ2) is 2.71. The monoisotopic (exact) mass is 192 g/mol. The van der Waals surface area contributed by atoms with Gasteiger partial charge in [-0.25, -0.2) is 4.98 Å². The van der Waals surface area contributed by atoms with Gasteiger partial charge in [-0.3, -0.25) is 0 Å². The molecule has 1 aromatic heterocycles. The Morgan fingerprint density at radius 2 is 2.23 bits per heavy atom. The molecule has 1 saturated carbocycles. The molecule has 0 atom stereocenters.